The van der Waals surface area contributed by atoms with Gasteiger partial charge in [0.05, 0.1) is 18.0 Å². The molecule has 0 spiro atoms. The van der Waals surface area contributed by atoms with E-state index in [-0.39, 0.29) is 6.10 Å². The number of likely N-dealkylation sites (tertiary alicyclic amines) is 1. The molecule has 0 bridgehead atoms. The van der Waals surface area contributed by atoms with Crippen molar-refractivity contribution in [2.24, 2.45) is 0 Å². The number of imidazole rings is 1. The molecule has 0 aliphatic carbocycles. The van der Waals surface area contributed by atoms with Gasteiger partial charge in [0.1, 0.15) is 5.82 Å². The van der Waals surface area contributed by atoms with E-state index in [1.165, 1.54) is 24.2 Å². The Morgan fingerprint density at radius 1 is 1.32 bits per heavy atom. The summed E-state index contributed by atoms with van der Waals surface area (Å²) in [5.74, 6) is 1.02. The Bertz CT molecular complexity index is 606. The molecule has 118 valence electrons. The van der Waals surface area contributed by atoms with Crippen molar-refractivity contribution < 1.29 is 5.11 Å². The second-order valence-electron chi connectivity index (χ2n) is 6.32. The lowest BCUT2D eigenvalue weighted by atomic mass is 10.1. The van der Waals surface area contributed by atoms with E-state index in [0.717, 1.165) is 25.3 Å². The largest absolute Gasteiger partial charge is 0.393 e. The molecular weight excluding hydrogens is 274 g/mol. The summed E-state index contributed by atoms with van der Waals surface area (Å²) in [7, 11) is 0. The van der Waals surface area contributed by atoms with Crippen LogP contribution in [0, 0.1) is 6.92 Å². The quantitative estimate of drug-likeness (QED) is 0.923. The summed E-state index contributed by atoms with van der Waals surface area (Å²) >= 11 is 0. The van der Waals surface area contributed by atoms with Gasteiger partial charge >= 0.3 is 0 Å². The summed E-state index contributed by atoms with van der Waals surface area (Å²) in [6.07, 6.45) is 5.02. The predicted octanol–water partition coefficient (Wildman–Crippen LogP) is 2.92. The number of para-hydroxylation sites is 1. The second-order valence-corrected chi connectivity index (χ2v) is 6.32. The Hall–Kier alpha value is -1.65. The first kappa shape index (κ1) is 15.3. The number of aliphatic hydroxyl groups is 1. The van der Waals surface area contributed by atoms with Gasteiger partial charge in [-0.25, -0.2) is 4.98 Å². The molecule has 0 saturated carbocycles. The van der Waals surface area contributed by atoms with Gasteiger partial charge in [-0.3, -0.25) is 9.47 Å². The number of aryl methyl sites for hydroxylation is 1. The van der Waals surface area contributed by atoms with Crippen LogP contribution >= 0.6 is 0 Å². The zero-order valence-electron chi connectivity index (χ0n) is 13.4. The third-order valence-corrected chi connectivity index (χ3v) is 4.50. The molecular formula is C18H25N3O. The van der Waals surface area contributed by atoms with E-state index in [4.69, 9.17) is 0 Å². The highest BCUT2D eigenvalue weighted by Crippen LogP contribution is 2.25. The van der Waals surface area contributed by atoms with Crippen LogP contribution in [0.1, 0.15) is 37.7 Å². The van der Waals surface area contributed by atoms with E-state index in [1.807, 2.05) is 26.1 Å². The SMILES string of the molecule is Cc1ncc(CN2CCCC2CC(C)O)n1-c1ccccc1. The van der Waals surface area contributed by atoms with Gasteiger partial charge in [0.25, 0.3) is 0 Å². The molecule has 3 rings (SSSR count). The smallest absolute Gasteiger partial charge is 0.110 e. The third-order valence-electron chi connectivity index (χ3n) is 4.50. The van der Waals surface area contributed by atoms with Gasteiger partial charge in [-0.2, -0.15) is 0 Å². The zero-order valence-corrected chi connectivity index (χ0v) is 13.4. The molecule has 1 saturated heterocycles. The molecule has 1 aromatic heterocycles. The summed E-state index contributed by atoms with van der Waals surface area (Å²) in [5.41, 5.74) is 2.39. The van der Waals surface area contributed by atoms with E-state index in [0.29, 0.717) is 6.04 Å². The fourth-order valence-corrected chi connectivity index (χ4v) is 3.50. The molecule has 0 radical (unpaired) electrons. The van der Waals surface area contributed by atoms with Crippen LogP contribution in [0.3, 0.4) is 0 Å². The number of benzene rings is 1. The Balaban J connectivity index is 1.81. The van der Waals surface area contributed by atoms with Gasteiger partial charge in [0.15, 0.2) is 0 Å². The topological polar surface area (TPSA) is 41.3 Å². The summed E-state index contributed by atoms with van der Waals surface area (Å²) in [6.45, 7) is 5.94. The second kappa shape index (κ2) is 6.63. The highest BCUT2D eigenvalue weighted by atomic mass is 16.3. The highest BCUT2D eigenvalue weighted by molar-refractivity contribution is 5.35. The average molecular weight is 299 g/mol. The standard InChI is InChI=1S/C18H25N3O/c1-14(22)11-17-9-6-10-20(17)13-18-12-19-15(2)21(18)16-7-4-3-5-8-16/h3-5,7-8,12,14,17,22H,6,9-11,13H2,1-2H3. The normalized spacial score (nSPS) is 20.4. The Morgan fingerprint density at radius 3 is 2.82 bits per heavy atom. The maximum atomic E-state index is 9.69. The number of hydrogen-bond donors (Lipinski definition) is 1. The van der Waals surface area contributed by atoms with E-state index in [2.05, 4.69) is 38.7 Å². The van der Waals surface area contributed by atoms with Crippen molar-refractivity contribution in [1.29, 1.82) is 0 Å². The first-order valence-electron chi connectivity index (χ1n) is 8.16. The van der Waals surface area contributed by atoms with Crippen molar-refractivity contribution >= 4 is 0 Å². The predicted molar refractivity (Wildman–Crippen MR) is 88.0 cm³/mol. The first-order chi connectivity index (χ1) is 10.6. The number of aliphatic hydroxyl groups excluding tert-OH is 1. The molecule has 0 amide bonds. The molecule has 22 heavy (non-hydrogen) atoms. The van der Waals surface area contributed by atoms with Crippen LogP contribution in [0.2, 0.25) is 0 Å². The Labute approximate surface area is 132 Å². The van der Waals surface area contributed by atoms with E-state index in [1.54, 1.807) is 0 Å². The fraction of sp³-hybridized carbons (Fsp3) is 0.500. The van der Waals surface area contributed by atoms with Gasteiger partial charge in [0, 0.05) is 18.3 Å². The molecule has 4 heteroatoms. The lowest BCUT2D eigenvalue weighted by Gasteiger charge is -2.26. The van der Waals surface area contributed by atoms with E-state index < -0.39 is 0 Å². The van der Waals surface area contributed by atoms with Crippen LogP contribution in [0.4, 0.5) is 0 Å². The molecule has 4 nitrogen and oxygen atoms in total. The summed E-state index contributed by atoms with van der Waals surface area (Å²) in [5, 5.41) is 9.69. The molecule has 2 aromatic rings. The Kier molecular flexibility index (Phi) is 4.60. The van der Waals surface area contributed by atoms with E-state index in [9.17, 15) is 5.11 Å². The van der Waals surface area contributed by atoms with Crippen molar-refractivity contribution in [3.8, 4) is 5.69 Å². The van der Waals surface area contributed by atoms with Crippen LogP contribution in [0.25, 0.3) is 5.69 Å². The maximum absolute atomic E-state index is 9.69. The highest BCUT2D eigenvalue weighted by Gasteiger charge is 2.26. The van der Waals surface area contributed by atoms with Crippen molar-refractivity contribution in [3.05, 3.63) is 48.0 Å². The van der Waals surface area contributed by atoms with Gasteiger partial charge in [0.2, 0.25) is 0 Å². The molecule has 1 fully saturated rings. The number of nitrogens with zero attached hydrogens (tertiary/aromatic N) is 3. The Morgan fingerprint density at radius 2 is 2.09 bits per heavy atom. The number of aromatic nitrogens is 2. The average Bonchev–Trinajstić information content (AvgIpc) is 3.07. The van der Waals surface area contributed by atoms with Crippen LogP contribution in [-0.4, -0.2) is 38.2 Å². The summed E-state index contributed by atoms with van der Waals surface area (Å²) in [6, 6.07) is 10.9. The summed E-state index contributed by atoms with van der Waals surface area (Å²) < 4.78 is 2.23. The van der Waals surface area contributed by atoms with Crippen LogP contribution in [-0.2, 0) is 6.54 Å². The van der Waals surface area contributed by atoms with E-state index >= 15 is 0 Å². The molecule has 1 N–H and O–H groups in total. The lowest BCUT2D eigenvalue weighted by molar-refractivity contribution is 0.130. The lowest BCUT2D eigenvalue weighted by Crippen LogP contribution is -2.32. The molecule has 2 heterocycles. The van der Waals surface area contributed by atoms with Crippen LogP contribution < -0.4 is 0 Å². The maximum Gasteiger partial charge on any atom is 0.110 e. The van der Waals surface area contributed by atoms with Gasteiger partial charge in [-0.15, -0.1) is 0 Å². The molecule has 1 aromatic carbocycles. The minimum Gasteiger partial charge on any atom is -0.393 e. The molecule has 2 atom stereocenters. The minimum absolute atomic E-state index is 0.230. The summed E-state index contributed by atoms with van der Waals surface area (Å²) in [4.78, 5) is 7.00. The first-order valence-corrected chi connectivity index (χ1v) is 8.16. The van der Waals surface area contributed by atoms with Crippen LogP contribution in [0.15, 0.2) is 36.5 Å². The monoisotopic (exact) mass is 299 g/mol. The molecule has 1 aliphatic heterocycles. The molecule has 2 unspecified atom stereocenters. The zero-order chi connectivity index (χ0) is 15.5. The molecule has 1 aliphatic rings. The minimum atomic E-state index is -0.230. The van der Waals surface area contributed by atoms with Gasteiger partial charge in [-0.1, -0.05) is 18.2 Å². The van der Waals surface area contributed by atoms with Crippen molar-refractivity contribution in [3.63, 3.8) is 0 Å². The van der Waals surface area contributed by atoms with Gasteiger partial charge in [-0.05, 0) is 51.8 Å². The van der Waals surface area contributed by atoms with Crippen molar-refractivity contribution in [2.45, 2.75) is 51.8 Å². The fourth-order valence-electron chi connectivity index (χ4n) is 3.50. The van der Waals surface area contributed by atoms with Crippen molar-refractivity contribution in [2.75, 3.05) is 6.54 Å². The van der Waals surface area contributed by atoms with Crippen molar-refractivity contribution in [1.82, 2.24) is 14.5 Å². The number of rotatable bonds is 5. The van der Waals surface area contributed by atoms with Crippen LogP contribution in [0.5, 0.6) is 0 Å². The van der Waals surface area contributed by atoms with Gasteiger partial charge < -0.3 is 5.11 Å². The number of hydrogen-bond acceptors (Lipinski definition) is 3. The third kappa shape index (κ3) is 3.23.